The van der Waals surface area contributed by atoms with Gasteiger partial charge in [-0.15, -0.1) is 0 Å². The van der Waals surface area contributed by atoms with Crippen LogP contribution in [0.5, 0.6) is 11.5 Å². The summed E-state index contributed by atoms with van der Waals surface area (Å²) in [5.74, 6) is 2.88. The molecule has 1 aliphatic carbocycles. The summed E-state index contributed by atoms with van der Waals surface area (Å²) in [6, 6.07) is 5.87. The molecule has 1 aliphatic heterocycles. The number of nitrogens with two attached hydrogens (primary N) is 1. The van der Waals surface area contributed by atoms with Crippen molar-refractivity contribution in [3.05, 3.63) is 23.8 Å². The minimum Gasteiger partial charge on any atom is -0.493 e. The molecular weight excluding hydrogens is 484 g/mol. The van der Waals surface area contributed by atoms with Crippen molar-refractivity contribution in [1.29, 1.82) is 0 Å². The highest BCUT2D eigenvalue weighted by atomic mass is 16.5. The Labute approximate surface area is 228 Å². The zero-order chi connectivity index (χ0) is 27.8. The molecule has 8 nitrogen and oxygen atoms in total. The molecule has 1 amide bonds. The molecule has 1 aromatic carbocycles. The molecule has 0 aromatic heterocycles. The van der Waals surface area contributed by atoms with Crippen LogP contribution >= 0.6 is 0 Å². The van der Waals surface area contributed by atoms with Crippen molar-refractivity contribution >= 4 is 5.91 Å². The van der Waals surface area contributed by atoms with Crippen molar-refractivity contribution in [2.45, 2.75) is 71.6 Å². The van der Waals surface area contributed by atoms with Gasteiger partial charge in [0.15, 0.2) is 11.5 Å². The molecule has 1 aromatic rings. The Hall–Kier alpha value is -1.87. The van der Waals surface area contributed by atoms with Gasteiger partial charge in [-0.25, -0.2) is 0 Å². The van der Waals surface area contributed by atoms with Crippen LogP contribution in [0.15, 0.2) is 18.2 Å². The second-order valence-corrected chi connectivity index (χ2v) is 11.8. The number of carbonyl (C=O) groups excluding carboxylic acids is 1. The van der Waals surface area contributed by atoms with Crippen LogP contribution in [0.2, 0.25) is 0 Å². The van der Waals surface area contributed by atoms with Crippen LogP contribution in [-0.4, -0.2) is 69.8 Å². The molecule has 216 valence electrons. The van der Waals surface area contributed by atoms with Crippen LogP contribution in [-0.2, 0) is 20.7 Å². The number of amides is 1. The number of aliphatic hydroxyl groups is 1. The molecule has 7 atom stereocenters. The van der Waals surface area contributed by atoms with E-state index in [-0.39, 0.29) is 29.7 Å². The Balaban J connectivity index is 1.57. The van der Waals surface area contributed by atoms with E-state index in [9.17, 15) is 9.90 Å². The maximum atomic E-state index is 13.1. The molecular formula is C30H50N2O6. The zero-order valence-electron chi connectivity index (χ0n) is 24.2. The SMILES string of the molecule is COCCCOc1cc(C[C@@H](C[C@H](N)[C@@H](O)C[C@H](C(=O)NC2[C@H]3COC[C@@H]23)C(C)C)C(C)C)ccc1OC. The minimum absolute atomic E-state index is 0.0299. The van der Waals surface area contributed by atoms with Crippen molar-refractivity contribution < 1.29 is 28.8 Å². The predicted molar refractivity (Wildman–Crippen MR) is 148 cm³/mol. The summed E-state index contributed by atoms with van der Waals surface area (Å²) in [7, 11) is 3.32. The third-order valence-corrected chi connectivity index (χ3v) is 8.39. The summed E-state index contributed by atoms with van der Waals surface area (Å²) < 4.78 is 22.0. The van der Waals surface area contributed by atoms with E-state index in [0.29, 0.717) is 49.6 Å². The van der Waals surface area contributed by atoms with Gasteiger partial charge in [0.1, 0.15) is 0 Å². The standard InChI is InChI=1S/C30H50N2O6/c1-18(2)21(12-20-8-9-27(36-6)28(13-20)38-11-7-10-35-5)14-25(31)26(33)15-22(19(3)4)30(34)32-29-23-16-37-17-24(23)29/h8-9,13,18-19,21-26,29,33H,7,10-12,14-17,31H2,1-6H3,(H,32,34)/t21-,22-,23-,24+,25-,26-,29?/m0/s1. The van der Waals surface area contributed by atoms with Gasteiger partial charge >= 0.3 is 0 Å². The Morgan fingerprint density at radius 1 is 1.08 bits per heavy atom. The molecule has 0 spiro atoms. The van der Waals surface area contributed by atoms with Gasteiger partial charge in [-0.05, 0) is 54.7 Å². The maximum absolute atomic E-state index is 13.1. The number of fused-ring (bicyclic) bond motifs is 1. The lowest BCUT2D eigenvalue weighted by Gasteiger charge is -2.30. The fourth-order valence-corrected chi connectivity index (χ4v) is 5.59. The highest BCUT2D eigenvalue weighted by molar-refractivity contribution is 5.79. The van der Waals surface area contributed by atoms with E-state index in [4.69, 9.17) is 24.7 Å². The molecule has 8 heteroatoms. The second kappa shape index (κ2) is 14.5. The molecule has 0 radical (unpaired) electrons. The quantitative estimate of drug-likeness (QED) is 0.263. The third kappa shape index (κ3) is 8.31. The average molecular weight is 535 g/mol. The van der Waals surface area contributed by atoms with Gasteiger partial charge in [0.25, 0.3) is 0 Å². The number of methoxy groups -OCH3 is 2. The van der Waals surface area contributed by atoms with Crippen molar-refractivity contribution in [3.8, 4) is 11.5 Å². The summed E-state index contributed by atoms with van der Waals surface area (Å²) in [5.41, 5.74) is 7.71. The second-order valence-electron chi connectivity index (χ2n) is 11.8. The first-order chi connectivity index (χ1) is 18.2. The van der Waals surface area contributed by atoms with E-state index < -0.39 is 12.1 Å². The number of rotatable bonds is 17. The first-order valence-corrected chi connectivity index (χ1v) is 14.3. The molecule has 2 fully saturated rings. The molecule has 38 heavy (non-hydrogen) atoms. The van der Waals surface area contributed by atoms with Crippen LogP contribution in [0.4, 0.5) is 0 Å². The average Bonchev–Trinajstić information content (AvgIpc) is 3.28. The number of hydrogen-bond acceptors (Lipinski definition) is 7. The van der Waals surface area contributed by atoms with Gasteiger partial charge < -0.3 is 35.1 Å². The topological polar surface area (TPSA) is 112 Å². The van der Waals surface area contributed by atoms with E-state index in [0.717, 1.165) is 37.4 Å². The van der Waals surface area contributed by atoms with E-state index in [1.807, 2.05) is 26.0 Å². The van der Waals surface area contributed by atoms with Crippen LogP contribution < -0.4 is 20.5 Å². The van der Waals surface area contributed by atoms with Gasteiger partial charge in [0.05, 0.1) is 33.0 Å². The summed E-state index contributed by atoms with van der Waals surface area (Å²) in [5, 5.41) is 14.3. The van der Waals surface area contributed by atoms with Gasteiger partial charge in [0.2, 0.25) is 5.91 Å². The summed E-state index contributed by atoms with van der Waals surface area (Å²) in [6.07, 6.45) is 1.92. The largest absolute Gasteiger partial charge is 0.493 e. The first-order valence-electron chi connectivity index (χ1n) is 14.3. The Morgan fingerprint density at radius 3 is 2.39 bits per heavy atom. The van der Waals surface area contributed by atoms with Crippen molar-refractivity contribution in [3.63, 3.8) is 0 Å². The number of benzene rings is 1. The molecule has 3 rings (SSSR count). The normalized spacial score (nSPS) is 23.6. The van der Waals surface area contributed by atoms with Crippen LogP contribution in [0.3, 0.4) is 0 Å². The molecule has 1 heterocycles. The van der Waals surface area contributed by atoms with E-state index in [1.54, 1.807) is 14.2 Å². The number of ether oxygens (including phenoxy) is 4. The molecule has 1 unspecified atom stereocenters. The lowest BCUT2D eigenvalue weighted by Crippen LogP contribution is -2.43. The summed E-state index contributed by atoms with van der Waals surface area (Å²) >= 11 is 0. The Kier molecular flexibility index (Phi) is 11.7. The van der Waals surface area contributed by atoms with Gasteiger partial charge in [-0.3, -0.25) is 4.79 Å². The lowest BCUT2D eigenvalue weighted by atomic mass is 9.81. The first kappa shape index (κ1) is 30.7. The fourth-order valence-electron chi connectivity index (χ4n) is 5.59. The molecule has 2 aliphatic rings. The van der Waals surface area contributed by atoms with Gasteiger partial charge in [0, 0.05) is 50.0 Å². The molecule has 1 saturated heterocycles. The number of aliphatic hydroxyl groups excluding tert-OH is 1. The highest BCUT2D eigenvalue weighted by Crippen LogP contribution is 2.44. The summed E-state index contributed by atoms with van der Waals surface area (Å²) in [6.45, 7) is 11.1. The van der Waals surface area contributed by atoms with E-state index in [1.165, 1.54) is 0 Å². The zero-order valence-corrected chi connectivity index (χ0v) is 24.2. The monoisotopic (exact) mass is 534 g/mol. The maximum Gasteiger partial charge on any atom is 0.223 e. The Morgan fingerprint density at radius 2 is 1.79 bits per heavy atom. The lowest BCUT2D eigenvalue weighted by molar-refractivity contribution is -0.128. The molecule has 4 N–H and O–H groups in total. The Bertz CT molecular complexity index is 868. The van der Waals surface area contributed by atoms with Crippen molar-refractivity contribution in [2.75, 3.05) is 40.6 Å². The van der Waals surface area contributed by atoms with Gasteiger partial charge in [-0.2, -0.15) is 0 Å². The fraction of sp³-hybridized carbons (Fsp3) is 0.767. The minimum atomic E-state index is -0.744. The van der Waals surface area contributed by atoms with E-state index >= 15 is 0 Å². The smallest absolute Gasteiger partial charge is 0.223 e. The molecule has 0 bridgehead atoms. The number of carbonyl (C=O) groups is 1. The predicted octanol–water partition coefficient (Wildman–Crippen LogP) is 3.43. The van der Waals surface area contributed by atoms with E-state index in [2.05, 4.69) is 25.2 Å². The number of hydrogen-bond donors (Lipinski definition) is 3. The van der Waals surface area contributed by atoms with Crippen LogP contribution in [0.25, 0.3) is 0 Å². The highest BCUT2D eigenvalue weighted by Gasteiger charge is 2.55. The van der Waals surface area contributed by atoms with Crippen molar-refractivity contribution in [1.82, 2.24) is 5.32 Å². The number of nitrogens with one attached hydrogen (secondary N) is 1. The van der Waals surface area contributed by atoms with Crippen LogP contribution in [0, 0.1) is 35.5 Å². The summed E-state index contributed by atoms with van der Waals surface area (Å²) in [4.78, 5) is 13.1. The molecule has 1 saturated carbocycles. The third-order valence-electron chi connectivity index (χ3n) is 8.39. The van der Waals surface area contributed by atoms with Gasteiger partial charge in [-0.1, -0.05) is 33.8 Å². The van der Waals surface area contributed by atoms with Crippen LogP contribution in [0.1, 0.15) is 52.5 Å². The van der Waals surface area contributed by atoms with Crippen molar-refractivity contribution in [2.24, 2.45) is 41.2 Å².